The van der Waals surface area contributed by atoms with Gasteiger partial charge in [-0.25, -0.2) is 9.07 Å². The SMILES string of the molecule is Nn1c(SCC(=O)Nc2ccc(F)cc2)nnc1-c1ccccc1O. The summed E-state index contributed by atoms with van der Waals surface area (Å²) in [5.41, 5.74) is 0.941. The molecule has 0 aliphatic rings. The van der Waals surface area contributed by atoms with E-state index < -0.39 is 0 Å². The normalized spacial score (nSPS) is 10.6. The van der Waals surface area contributed by atoms with Gasteiger partial charge in [0.25, 0.3) is 0 Å². The van der Waals surface area contributed by atoms with Gasteiger partial charge in [-0.05, 0) is 36.4 Å². The Hall–Kier alpha value is -3.07. The van der Waals surface area contributed by atoms with E-state index in [1.165, 1.54) is 35.0 Å². The van der Waals surface area contributed by atoms with E-state index in [-0.39, 0.29) is 23.2 Å². The molecule has 1 heterocycles. The van der Waals surface area contributed by atoms with Gasteiger partial charge < -0.3 is 16.3 Å². The number of benzene rings is 2. The van der Waals surface area contributed by atoms with Crippen molar-refractivity contribution in [2.75, 3.05) is 16.9 Å². The van der Waals surface area contributed by atoms with Crippen molar-refractivity contribution in [1.82, 2.24) is 14.9 Å². The van der Waals surface area contributed by atoms with Gasteiger partial charge in [-0.3, -0.25) is 4.79 Å². The molecule has 0 aliphatic carbocycles. The van der Waals surface area contributed by atoms with Gasteiger partial charge in [0.1, 0.15) is 11.6 Å². The Kier molecular flexibility index (Phi) is 4.85. The fraction of sp³-hybridized carbons (Fsp3) is 0.0625. The van der Waals surface area contributed by atoms with E-state index in [0.717, 1.165) is 11.8 Å². The molecule has 0 atom stereocenters. The summed E-state index contributed by atoms with van der Waals surface area (Å²) >= 11 is 1.10. The number of nitrogens with one attached hydrogen (secondary N) is 1. The molecule has 4 N–H and O–H groups in total. The number of hydrogen-bond donors (Lipinski definition) is 3. The van der Waals surface area contributed by atoms with Crippen molar-refractivity contribution in [3.05, 3.63) is 54.3 Å². The van der Waals surface area contributed by atoms with Crippen LogP contribution < -0.4 is 11.2 Å². The summed E-state index contributed by atoms with van der Waals surface area (Å²) in [5.74, 6) is 5.66. The van der Waals surface area contributed by atoms with Gasteiger partial charge in [0.05, 0.1) is 11.3 Å². The lowest BCUT2D eigenvalue weighted by Gasteiger charge is -2.06. The monoisotopic (exact) mass is 359 g/mol. The fourth-order valence-corrected chi connectivity index (χ4v) is 2.74. The lowest BCUT2D eigenvalue weighted by atomic mass is 10.2. The van der Waals surface area contributed by atoms with Crippen LogP contribution in [0.3, 0.4) is 0 Å². The molecule has 7 nitrogen and oxygen atoms in total. The first kappa shape index (κ1) is 16.8. The number of rotatable bonds is 5. The van der Waals surface area contributed by atoms with Crippen molar-refractivity contribution in [1.29, 1.82) is 0 Å². The molecular weight excluding hydrogens is 345 g/mol. The van der Waals surface area contributed by atoms with Gasteiger partial charge >= 0.3 is 0 Å². The van der Waals surface area contributed by atoms with Crippen LogP contribution >= 0.6 is 11.8 Å². The Morgan fingerprint density at radius 2 is 1.92 bits per heavy atom. The number of carbonyl (C=O) groups is 1. The Bertz CT molecular complexity index is 898. The Morgan fingerprint density at radius 1 is 1.20 bits per heavy atom. The molecule has 1 aromatic heterocycles. The smallest absolute Gasteiger partial charge is 0.234 e. The van der Waals surface area contributed by atoms with E-state index in [9.17, 15) is 14.3 Å². The number of thioether (sulfide) groups is 1. The number of nitrogen functional groups attached to an aromatic ring is 1. The molecule has 2 aromatic carbocycles. The molecule has 1 amide bonds. The van der Waals surface area contributed by atoms with E-state index in [4.69, 9.17) is 5.84 Å². The van der Waals surface area contributed by atoms with Crippen LogP contribution in [0.25, 0.3) is 11.4 Å². The summed E-state index contributed by atoms with van der Waals surface area (Å²) in [6.45, 7) is 0. The first-order valence-corrected chi connectivity index (χ1v) is 8.20. The minimum Gasteiger partial charge on any atom is -0.507 e. The average molecular weight is 359 g/mol. The molecule has 3 rings (SSSR count). The Labute approximate surface area is 146 Å². The maximum absolute atomic E-state index is 12.8. The molecule has 0 spiro atoms. The van der Waals surface area contributed by atoms with Crippen molar-refractivity contribution in [3.63, 3.8) is 0 Å². The van der Waals surface area contributed by atoms with Crippen LogP contribution in [0, 0.1) is 5.82 Å². The van der Waals surface area contributed by atoms with Crippen molar-refractivity contribution in [2.45, 2.75) is 5.16 Å². The largest absolute Gasteiger partial charge is 0.507 e. The number of halogens is 1. The second-order valence-electron chi connectivity index (χ2n) is 5.04. The molecule has 25 heavy (non-hydrogen) atoms. The van der Waals surface area contributed by atoms with Gasteiger partial charge in [-0.15, -0.1) is 10.2 Å². The highest BCUT2D eigenvalue weighted by Crippen LogP contribution is 2.28. The number of para-hydroxylation sites is 1. The molecule has 9 heteroatoms. The number of amides is 1. The first-order valence-electron chi connectivity index (χ1n) is 7.21. The fourth-order valence-electron chi connectivity index (χ4n) is 2.08. The standard InChI is InChI=1S/C16H14FN5O2S/c17-10-5-7-11(8-6-10)19-14(24)9-25-16-21-20-15(22(16)18)12-3-1-2-4-13(12)23/h1-8,23H,9,18H2,(H,19,24). The lowest BCUT2D eigenvalue weighted by Crippen LogP contribution is -2.16. The van der Waals surface area contributed by atoms with Crippen molar-refractivity contribution < 1.29 is 14.3 Å². The number of nitrogens with two attached hydrogens (primary N) is 1. The van der Waals surface area contributed by atoms with Gasteiger partial charge in [0.2, 0.25) is 11.1 Å². The van der Waals surface area contributed by atoms with E-state index in [1.807, 2.05) is 0 Å². The predicted octanol–water partition coefficient (Wildman–Crippen LogP) is 2.23. The van der Waals surface area contributed by atoms with Crippen molar-refractivity contribution in [3.8, 4) is 17.1 Å². The molecule has 0 fully saturated rings. The lowest BCUT2D eigenvalue weighted by molar-refractivity contribution is -0.113. The van der Waals surface area contributed by atoms with Gasteiger partial charge in [-0.2, -0.15) is 0 Å². The van der Waals surface area contributed by atoms with E-state index >= 15 is 0 Å². The number of carbonyl (C=O) groups excluding carboxylic acids is 1. The summed E-state index contributed by atoms with van der Waals surface area (Å²) in [6, 6.07) is 12.1. The van der Waals surface area contributed by atoms with Crippen molar-refractivity contribution in [2.24, 2.45) is 0 Å². The maximum atomic E-state index is 12.8. The third-order valence-electron chi connectivity index (χ3n) is 3.27. The first-order chi connectivity index (χ1) is 12.0. The number of aromatic hydroxyl groups is 1. The van der Waals surface area contributed by atoms with E-state index in [0.29, 0.717) is 22.2 Å². The topological polar surface area (TPSA) is 106 Å². The number of aromatic nitrogens is 3. The predicted molar refractivity (Wildman–Crippen MR) is 93.0 cm³/mol. The van der Waals surface area contributed by atoms with Crippen LogP contribution in [0.15, 0.2) is 53.7 Å². The van der Waals surface area contributed by atoms with E-state index in [2.05, 4.69) is 15.5 Å². The zero-order valence-corrected chi connectivity index (χ0v) is 13.7. The van der Waals surface area contributed by atoms with Crippen LogP contribution in [-0.2, 0) is 4.79 Å². The molecule has 128 valence electrons. The summed E-state index contributed by atoms with van der Waals surface area (Å²) in [5, 5.41) is 20.7. The highest BCUT2D eigenvalue weighted by molar-refractivity contribution is 7.99. The number of phenols is 1. The summed E-state index contributed by atoms with van der Waals surface area (Å²) in [7, 11) is 0. The minimum atomic E-state index is -0.375. The highest BCUT2D eigenvalue weighted by atomic mass is 32.2. The highest BCUT2D eigenvalue weighted by Gasteiger charge is 2.16. The molecule has 0 saturated carbocycles. The third kappa shape index (κ3) is 3.89. The van der Waals surface area contributed by atoms with Gasteiger partial charge in [0.15, 0.2) is 5.82 Å². The van der Waals surface area contributed by atoms with Crippen LogP contribution in [0.1, 0.15) is 0 Å². The Balaban J connectivity index is 1.65. The molecule has 0 saturated heterocycles. The quantitative estimate of drug-likeness (QED) is 0.476. The Morgan fingerprint density at radius 3 is 2.64 bits per heavy atom. The van der Waals surface area contributed by atoms with Gasteiger partial charge in [-0.1, -0.05) is 23.9 Å². The zero-order chi connectivity index (χ0) is 17.8. The van der Waals surface area contributed by atoms with Crippen LogP contribution in [-0.4, -0.2) is 31.6 Å². The minimum absolute atomic E-state index is 0.0344. The second-order valence-corrected chi connectivity index (χ2v) is 5.98. The molecule has 0 bridgehead atoms. The van der Waals surface area contributed by atoms with Gasteiger partial charge in [0, 0.05) is 5.69 Å². The zero-order valence-electron chi connectivity index (χ0n) is 12.9. The third-order valence-corrected chi connectivity index (χ3v) is 4.21. The summed E-state index contributed by atoms with van der Waals surface area (Å²) in [4.78, 5) is 11.9. The molecule has 0 aliphatic heterocycles. The van der Waals surface area contributed by atoms with E-state index in [1.54, 1.807) is 18.2 Å². The maximum Gasteiger partial charge on any atom is 0.234 e. The molecular formula is C16H14FN5O2S. The number of nitrogens with zero attached hydrogens (tertiary/aromatic N) is 3. The number of hydrogen-bond acceptors (Lipinski definition) is 6. The molecule has 0 unspecified atom stereocenters. The number of anilines is 1. The van der Waals surface area contributed by atoms with Crippen LogP contribution in [0.5, 0.6) is 5.75 Å². The second kappa shape index (κ2) is 7.22. The number of phenolic OH excluding ortho intramolecular Hbond substituents is 1. The summed E-state index contributed by atoms with van der Waals surface area (Å²) < 4.78 is 14.1. The average Bonchev–Trinajstić information content (AvgIpc) is 2.96. The summed E-state index contributed by atoms with van der Waals surface area (Å²) in [6.07, 6.45) is 0. The molecule has 0 radical (unpaired) electrons. The van der Waals surface area contributed by atoms with Crippen molar-refractivity contribution >= 4 is 23.4 Å². The molecule has 3 aromatic rings. The van der Waals surface area contributed by atoms with Crippen LogP contribution in [0.4, 0.5) is 10.1 Å². The van der Waals surface area contributed by atoms with Crippen LogP contribution in [0.2, 0.25) is 0 Å².